The molecule has 3 fully saturated rings. The number of nitrogens with zero attached hydrogens (tertiary/aromatic N) is 3. The number of nitrogens with one attached hydrogen (secondary N) is 2. The molecule has 2 aromatic carbocycles. The van der Waals surface area contributed by atoms with E-state index < -0.39 is 6.04 Å². The number of carbonyl (C=O) groups is 2. The van der Waals surface area contributed by atoms with Gasteiger partial charge in [-0.3, -0.25) is 19.4 Å². The van der Waals surface area contributed by atoms with Crippen molar-refractivity contribution in [3.8, 4) is 0 Å². The maximum absolute atomic E-state index is 15.0. The third-order valence-electron chi connectivity index (χ3n) is 8.12. The van der Waals surface area contributed by atoms with E-state index in [2.05, 4.69) is 20.4 Å². The fourth-order valence-electron chi connectivity index (χ4n) is 5.95. The molecule has 0 bridgehead atoms. The van der Waals surface area contributed by atoms with Gasteiger partial charge in [0.1, 0.15) is 11.9 Å². The Kier molecular flexibility index (Phi) is 6.84. The molecule has 8 nitrogen and oxygen atoms in total. The Labute approximate surface area is 216 Å². The van der Waals surface area contributed by atoms with Crippen molar-refractivity contribution in [1.82, 2.24) is 20.0 Å². The molecular weight excluding hydrogens is 473 g/mol. The first kappa shape index (κ1) is 24.3. The van der Waals surface area contributed by atoms with Crippen LogP contribution >= 0.6 is 0 Å². The second kappa shape index (κ2) is 10.4. The van der Waals surface area contributed by atoms with Crippen LogP contribution in [0.5, 0.6) is 0 Å². The zero-order valence-electron chi connectivity index (χ0n) is 21.0. The van der Waals surface area contributed by atoms with Gasteiger partial charge in [0.15, 0.2) is 0 Å². The number of rotatable bonds is 7. The highest BCUT2D eigenvalue weighted by molar-refractivity contribution is 6.02. The van der Waals surface area contributed by atoms with Gasteiger partial charge in [-0.15, -0.1) is 0 Å². The fraction of sp³-hybridized carbons (Fsp3) is 0.500. The average molecular weight is 508 g/mol. The molecule has 37 heavy (non-hydrogen) atoms. The number of hydrogen-bond acceptors (Lipinski definition) is 6. The van der Waals surface area contributed by atoms with Crippen LogP contribution < -0.4 is 10.6 Å². The molecule has 0 saturated carbocycles. The highest BCUT2D eigenvalue weighted by atomic mass is 19.1. The van der Waals surface area contributed by atoms with Gasteiger partial charge in [0.2, 0.25) is 5.91 Å². The predicted molar refractivity (Wildman–Crippen MR) is 138 cm³/mol. The minimum Gasteiger partial charge on any atom is -0.381 e. The van der Waals surface area contributed by atoms with E-state index in [1.54, 1.807) is 17.0 Å². The first-order chi connectivity index (χ1) is 18.1. The van der Waals surface area contributed by atoms with Crippen LogP contribution in [0.1, 0.15) is 39.9 Å². The molecule has 0 aliphatic carbocycles. The number of amides is 2. The second-order valence-corrected chi connectivity index (χ2v) is 10.5. The summed E-state index contributed by atoms with van der Waals surface area (Å²) in [5, 5.41) is 6.20. The van der Waals surface area contributed by atoms with Crippen molar-refractivity contribution in [2.45, 2.75) is 44.6 Å². The van der Waals surface area contributed by atoms with Crippen molar-refractivity contribution in [3.05, 3.63) is 64.5 Å². The van der Waals surface area contributed by atoms with Gasteiger partial charge in [0.05, 0.1) is 13.2 Å². The molecule has 2 amide bonds. The summed E-state index contributed by atoms with van der Waals surface area (Å²) in [6.07, 6.45) is 1.54. The lowest BCUT2D eigenvalue weighted by Gasteiger charge is -2.46. The molecule has 4 aliphatic rings. The number of ether oxygens (including phenoxy) is 1. The number of piperidine rings is 1. The van der Waals surface area contributed by atoms with Gasteiger partial charge in [-0.1, -0.05) is 18.2 Å². The number of hydrogen-bond donors (Lipinski definition) is 2. The standard InChI is InChI=1S/C28H34FN5O3/c29-24-13-19(15-32-16-21(17-32)33-9-11-37-12-10-33)6-7-20(24)14-31-25-4-1-3-22-23(25)18-34(28(22)36)26-5-2-8-30-27(26)35/h1,3-4,6-7,13,21,26,31H,2,5,8-12,14-18H2,(H,30,35)/t26-/m0/s1. The summed E-state index contributed by atoms with van der Waals surface area (Å²) in [6, 6.07) is 11.2. The lowest BCUT2D eigenvalue weighted by Crippen LogP contribution is -2.60. The average Bonchev–Trinajstić information content (AvgIpc) is 3.23. The molecule has 9 heteroatoms. The lowest BCUT2D eigenvalue weighted by atomic mass is 10.0. The van der Waals surface area contributed by atoms with E-state index in [-0.39, 0.29) is 17.6 Å². The van der Waals surface area contributed by atoms with Gasteiger partial charge in [0, 0.05) is 80.8 Å². The molecular formula is C28H34FN5O3. The Bertz CT molecular complexity index is 1180. The molecule has 2 aromatic rings. The van der Waals surface area contributed by atoms with E-state index in [9.17, 15) is 14.0 Å². The van der Waals surface area contributed by atoms with E-state index in [4.69, 9.17) is 4.74 Å². The summed E-state index contributed by atoms with van der Waals surface area (Å²) >= 11 is 0. The fourth-order valence-corrected chi connectivity index (χ4v) is 5.95. The molecule has 0 spiro atoms. The third-order valence-corrected chi connectivity index (χ3v) is 8.12. The zero-order valence-corrected chi connectivity index (χ0v) is 21.0. The van der Waals surface area contributed by atoms with E-state index in [0.717, 1.165) is 69.2 Å². The van der Waals surface area contributed by atoms with Gasteiger partial charge in [0.25, 0.3) is 5.91 Å². The van der Waals surface area contributed by atoms with Gasteiger partial charge in [-0.2, -0.15) is 0 Å². The van der Waals surface area contributed by atoms with Gasteiger partial charge >= 0.3 is 0 Å². The SMILES string of the molecule is O=C1NCCC[C@@H]1N1Cc2c(NCc3ccc(CN4CC(N5CCOCC5)C4)cc3F)cccc2C1=O. The Balaban J connectivity index is 1.06. The lowest BCUT2D eigenvalue weighted by molar-refractivity contribution is -0.127. The largest absolute Gasteiger partial charge is 0.381 e. The van der Waals surface area contributed by atoms with Crippen LogP contribution in [-0.4, -0.2) is 84.5 Å². The minimum atomic E-state index is -0.429. The molecule has 1 atom stereocenters. The van der Waals surface area contributed by atoms with E-state index >= 15 is 0 Å². The molecule has 3 saturated heterocycles. The molecule has 4 heterocycles. The Morgan fingerprint density at radius 1 is 1.11 bits per heavy atom. The van der Waals surface area contributed by atoms with Crippen molar-refractivity contribution in [3.63, 3.8) is 0 Å². The maximum Gasteiger partial charge on any atom is 0.255 e. The summed E-state index contributed by atoms with van der Waals surface area (Å²) in [4.78, 5) is 31.9. The highest BCUT2D eigenvalue weighted by Crippen LogP contribution is 2.32. The van der Waals surface area contributed by atoms with Gasteiger partial charge in [-0.05, 0) is 36.6 Å². The number of likely N-dealkylation sites (tertiary alicyclic amines) is 1. The first-order valence-corrected chi connectivity index (χ1v) is 13.3. The number of benzene rings is 2. The zero-order chi connectivity index (χ0) is 25.4. The minimum absolute atomic E-state index is 0.0843. The monoisotopic (exact) mass is 507 g/mol. The van der Waals surface area contributed by atoms with Crippen LogP contribution in [-0.2, 0) is 29.2 Å². The van der Waals surface area contributed by atoms with Crippen LogP contribution in [0.4, 0.5) is 10.1 Å². The predicted octanol–water partition coefficient (Wildman–Crippen LogP) is 2.19. The molecule has 0 radical (unpaired) electrons. The number of anilines is 1. The number of halogens is 1. The van der Waals surface area contributed by atoms with Gasteiger partial charge in [-0.25, -0.2) is 4.39 Å². The normalized spacial score (nSPS) is 23.1. The van der Waals surface area contributed by atoms with Crippen LogP contribution in [0, 0.1) is 5.82 Å². The summed E-state index contributed by atoms with van der Waals surface area (Å²) in [5.41, 5.74) is 3.86. The van der Waals surface area contributed by atoms with E-state index in [0.29, 0.717) is 43.2 Å². The molecule has 4 aliphatic heterocycles. The Morgan fingerprint density at radius 2 is 1.95 bits per heavy atom. The molecule has 6 rings (SSSR count). The van der Waals surface area contributed by atoms with Gasteiger partial charge < -0.3 is 20.3 Å². The quantitative estimate of drug-likeness (QED) is 0.599. The van der Waals surface area contributed by atoms with E-state index in [1.165, 1.54) is 0 Å². The number of carbonyl (C=O) groups excluding carboxylic acids is 2. The van der Waals surface area contributed by atoms with Crippen LogP contribution in [0.3, 0.4) is 0 Å². The van der Waals surface area contributed by atoms with Crippen LogP contribution in [0.25, 0.3) is 0 Å². The third kappa shape index (κ3) is 4.95. The van der Waals surface area contributed by atoms with Crippen LogP contribution in [0.2, 0.25) is 0 Å². The second-order valence-electron chi connectivity index (χ2n) is 10.5. The molecule has 0 aromatic heterocycles. The van der Waals surface area contributed by atoms with Crippen molar-refractivity contribution in [1.29, 1.82) is 0 Å². The van der Waals surface area contributed by atoms with Crippen LogP contribution in [0.15, 0.2) is 36.4 Å². The Hall–Kier alpha value is -3.01. The van der Waals surface area contributed by atoms with Crippen molar-refractivity contribution >= 4 is 17.5 Å². The summed E-state index contributed by atoms with van der Waals surface area (Å²) in [6.45, 7) is 7.79. The maximum atomic E-state index is 15.0. The van der Waals surface area contributed by atoms with E-state index in [1.807, 2.05) is 24.3 Å². The summed E-state index contributed by atoms with van der Waals surface area (Å²) < 4.78 is 20.4. The molecule has 196 valence electrons. The Morgan fingerprint density at radius 3 is 2.73 bits per heavy atom. The van der Waals surface area contributed by atoms with Crippen molar-refractivity contribution in [2.75, 3.05) is 51.3 Å². The highest BCUT2D eigenvalue weighted by Gasteiger charge is 2.38. The van der Waals surface area contributed by atoms with Crippen molar-refractivity contribution in [2.24, 2.45) is 0 Å². The number of morpholine rings is 1. The summed E-state index contributed by atoms with van der Waals surface area (Å²) in [7, 11) is 0. The number of fused-ring (bicyclic) bond motifs is 1. The molecule has 0 unspecified atom stereocenters. The smallest absolute Gasteiger partial charge is 0.255 e. The molecule has 2 N–H and O–H groups in total. The summed E-state index contributed by atoms with van der Waals surface area (Å²) in [5.74, 6) is -0.420. The van der Waals surface area contributed by atoms with Crippen molar-refractivity contribution < 1.29 is 18.7 Å². The first-order valence-electron chi connectivity index (χ1n) is 13.3. The topological polar surface area (TPSA) is 77.2 Å².